The molecule has 0 fully saturated rings. The predicted octanol–water partition coefficient (Wildman–Crippen LogP) is 3.07. The molecule has 0 bridgehead atoms. The minimum atomic E-state index is -0.0900. The Morgan fingerprint density at radius 1 is 1.26 bits per heavy atom. The second-order valence-electron chi connectivity index (χ2n) is 4.26. The van der Waals surface area contributed by atoms with E-state index in [9.17, 15) is 4.79 Å². The van der Waals surface area contributed by atoms with E-state index in [-0.39, 0.29) is 5.43 Å². The van der Waals surface area contributed by atoms with Crippen molar-refractivity contribution < 1.29 is 9.47 Å². The van der Waals surface area contributed by atoms with Crippen LogP contribution in [0.25, 0.3) is 10.9 Å². The second kappa shape index (κ2) is 5.13. The molecule has 2 aromatic rings. The molecule has 1 N–H and O–H groups in total. The average Bonchev–Trinajstić information content (AvgIpc) is 2.42. The molecule has 0 saturated carbocycles. The van der Waals surface area contributed by atoms with Crippen molar-refractivity contribution in [3.05, 3.63) is 32.6 Å². The standard InChI is InChI=1S/C14H16ClNO3/c1-5-8-7(2)14(17)11-12(15)9(18-3)6-10(19-4)13(11)16-8/h6H,5H2,1-4H3,(H,16,17). The molecule has 0 spiro atoms. The number of aryl methyl sites for hydroxylation is 1. The van der Waals surface area contributed by atoms with E-state index in [1.807, 2.05) is 6.92 Å². The highest BCUT2D eigenvalue weighted by molar-refractivity contribution is 6.37. The summed E-state index contributed by atoms with van der Waals surface area (Å²) < 4.78 is 10.5. The summed E-state index contributed by atoms with van der Waals surface area (Å²) in [5.74, 6) is 0.975. The first-order chi connectivity index (χ1) is 9.04. The molecule has 0 saturated heterocycles. The van der Waals surface area contributed by atoms with Crippen LogP contribution in [0.5, 0.6) is 11.5 Å². The number of benzene rings is 1. The molecule has 0 radical (unpaired) electrons. The molecule has 0 aliphatic carbocycles. The van der Waals surface area contributed by atoms with Crippen LogP contribution in [-0.4, -0.2) is 19.2 Å². The van der Waals surface area contributed by atoms with Gasteiger partial charge in [0.15, 0.2) is 5.43 Å². The highest BCUT2D eigenvalue weighted by atomic mass is 35.5. The number of nitrogens with one attached hydrogen (secondary N) is 1. The van der Waals surface area contributed by atoms with E-state index < -0.39 is 0 Å². The molecular formula is C14H16ClNO3. The Hall–Kier alpha value is -1.68. The normalized spacial score (nSPS) is 10.8. The number of hydrogen-bond donors (Lipinski definition) is 1. The maximum Gasteiger partial charge on any atom is 0.194 e. The summed E-state index contributed by atoms with van der Waals surface area (Å²) in [6, 6.07) is 1.68. The third-order valence-corrected chi connectivity index (χ3v) is 3.66. The van der Waals surface area contributed by atoms with Crippen molar-refractivity contribution in [2.24, 2.45) is 0 Å². The van der Waals surface area contributed by atoms with Gasteiger partial charge < -0.3 is 14.5 Å². The van der Waals surface area contributed by atoms with Crippen LogP contribution >= 0.6 is 11.6 Å². The number of rotatable bonds is 3. The fraction of sp³-hybridized carbons (Fsp3) is 0.357. The third-order valence-electron chi connectivity index (χ3n) is 3.28. The first-order valence-corrected chi connectivity index (χ1v) is 6.38. The summed E-state index contributed by atoms with van der Waals surface area (Å²) >= 11 is 6.24. The molecule has 0 amide bonds. The van der Waals surface area contributed by atoms with Crippen molar-refractivity contribution in [1.82, 2.24) is 4.98 Å². The van der Waals surface area contributed by atoms with Gasteiger partial charge in [-0.1, -0.05) is 18.5 Å². The Balaban J connectivity index is 3.02. The van der Waals surface area contributed by atoms with Gasteiger partial charge in [0.2, 0.25) is 0 Å². The number of methoxy groups -OCH3 is 2. The molecule has 0 atom stereocenters. The number of pyridine rings is 1. The fourth-order valence-electron chi connectivity index (χ4n) is 2.18. The molecule has 0 unspecified atom stereocenters. The fourth-order valence-corrected chi connectivity index (χ4v) is 2.49. The minimum absolute atomic E-state index is 0.0900. The van der Waals surface area contributed by atoms with E-state index >= 15 is 0 Å². The third kappa shape index (κ3) is 2.06. The summed E-state index contributed by atoms with van der Waals surface area (Å²) in [5.41, 5.74) is 2.08. The summed E-state index contributed by atoms with van der Waals surface area (Å²) in [4.78, 5) is 15.7. The van der Waals surface area contributed by atoms with E-state index in [4.69, 9.17) is 21.1 Å². The summed E-state index contributed by atoms with van der Waals surface area (Å²) in [6.07, 6.45) is 0.740. The molecule has 1 heterocycles. The van der Waals surface area contributed by atoms with Gasteiger partial charge in [0.1, 0.15) is 11.5 Å². The zero-order chi connectivity index (χ0) is 14.2. The van der Waals surface area contributed by atoms with Gasteiger partial charge >= 0.3 is 0 Å². The number of ether oxygens (including phenoxy) is 2. The summed E-state index contributed by atoms with van der Waals surface area (Å²) in [7, 11) is 3.06. The van der Waals surface area contributed by atoms with E-state index in [1.54, 1.807) is 20.1 Å². The number of hydrogen-bond acceptors (Lipinski definition) is 3. The lowest BCUT2D eigenvalue weighted by atomic mass is 10.1. The van der Waals surface area contributed by atoms with Gasteiger partial charge in [-0.3, -0.25) is 4.79 Å². The summed E-state index contributed by atoms with van der Waals surface area (Å²) in [5, 5.41) is 0.720. The minimum Gasteiger partial charge on any atom is -0.495 e. The highest BCUT2D eigenvalue weighted by Crippen LogP contribution is 2.37. The lowest BCUT2D eigenvalue weighted by Crippen LogP contribution is -2.12. The van der Waals surface area contributed by atoms with Gasteiger partial charge in [-0.05, 0) is 13.3 Å². The Morgan fingerprint density at radius 3 is 2.42 bits per heavy atom. The largest absolute Gasteiger partial charge is 0.495 e. The van der Waals surface area contributed by atoms with E-state index in [0.717, 1.165) is 12.1 Å². The molecule has 0 aliphatic rings. The van der Waals surface area contributed by atoms with Crippen molar-refractivity contribution >= 4 is 22.5 Å². The molecule has 2 rings (SSSR count). The Bertz CT molecular complexity index is 691. The van der Waals surface area contributed by atoms with Crippen LogP contribution in [0.1, 0.15) is 18.2 Å². The molecule has 102 valence electrons. The van der Waals surface area contributed by atoms with Crippen LogP contribution in [0.4, 0.5) is 0 Å². The predicted molar refractivity (Wildman–Crippen MR) is 76.8 cm³/mol. The van der Waals surface area contributed by atoms with E-state index in [2.05, 4.69) is 4.98 Å². The smallest absolute Gasteiger partial charge is 0.194 e. The number of aromatic amines is 1. The maximum atomic E-state index is 12.4. The number of H-pyrrole nitrogens is 1. The zero-order valence-electron chi connectivity index (χ0n) is 11.4. The van der Waals surface area contributed by atoms with Gasteiger partial charge in [-0.25, -0.2) is 0 Å². The van der Waals surface area contributed by atoms with Crippen LogP contribution in [0.15, 0.2) is 10.9 Å². The lowest BCUT2D eigenvalue weighted by molar-refractivity contribution is 0.397. The first-order valence-electron chi connectivity index (χ1n) is 6.01. The molecule has 5 heteroatoms. The molecule has 1 aromatic heterocycles. The SMILES string of the molecule is CCc1[nH]c2c(OC)cc(OC)c(Cl)c2c(=O)c1C. The van der Waals surface area contributed by atoms with Crippen molar-refractivity contribution in [2.45, 2.75) is 20.3 Å². The van der Waals surface area contributed by atoms with Gasteiger partial charge in [-0.15, -0.1) is 0 Å². The zero-order valence-corrected chi connectivity index (χ0v) is 12.1. The monoisotopic (exact) mass is 281 g/mol. The van der Waals surface area contributed by atoms with Crippen LogP contribution in [-0.2, 0) is 6.42 Å². The van der Waals surface area contributed by atoms with Crippen LogP contribution in [0.3, 0.4) is 0 Å². The average molecular weight is 282 g/mol. The van der Waals surface area contributed by atoms with Crippen LogP contribution < -0.4 is 14.9 Å². The Labute approximate surface area is 116 Å². The van der Waals surface area contributed by atoms with Crippen molar-refractivity contribution in [3.63, 3.8) is 0 Å². The van der Waals surface area contributed by atoms with Crippen molar-refractivity contribution in [2.75, 3.05) is 14.2 Å². The summed E-state index contributed by atoms with van der Waals surface area (Å²) in [6.45, 7) is 3.78. The Morgan fingerprint density at radius 2 is 1.89 bits per heavy atom. The quantitative estimate of drug-likeness (QED) is 0.941. The van der Waals surface area contributed by atoms with Crippen LogP contribution in [0.2, 0.25) is 5.02 Å². The Kier molecular flexibility index (Phi) is 3.71. The van der Waals surface area contributed by atoms with Gasteiger partial charge in [0.05, 0.1) is 30.1 Å². The lowest BCUT2D eigenvalue weighted by Gasteiger charge is -2.13. The van der Waals surface area contributed by atoms with Crippen LogP contribution in [0, 0.1) is 6.92 Å². The number of fused-ring (bicyclic) bond motifs is 1. The van der Waals surface area contributed by atoms with Gasteiger partial charge in [0.25, 0.3) is 0 Å². The van der Waals surface area contributed by atoms with Gasteiger partial charge in [0, 0.05) is 17.3 Å². The topological polar surface area (TPSA) is 51.3 Å². The second-order valence-corrected chi connectivity index (χ2v) is 4.63. The van der Waals surface area contributed by atoms with Crippen molar-refractivity contribution in [1.29, 1.82) is 0 Å². The highest BCUT2D eigenvalue weighted by Gasteiger charge is 2.17. The molecule has 4 nitrogen and oxygen atoms in total. The van der Waals surface area contributed by atoms with E-state index in [1.165, 1.54) is 7.11 Å². The maximum absolute atomic E-state index is 12.4. The number of halogens is 1. The molecule has 19 heavy (non-hydrogen) atoms. The van der Waals surface area contributed by atoms with E-state index in [0.29, 0.717) is 33.0 Å². The number of aromatic nitrogens is 1. The van der Waals surface area contributed by atoms with Crippen molar-refractivity contribution in [3.8, 4) is 11.5 Å². The first kappa shape index (κ1) is 13.7. The molecule has 1 aromatic carbocycles. The molecular weight excluding hydrogens is 266 g/mol. The molecule has 0 aliphatic heterocycles. The van der Waals surface area contributed by atoms with Gasteiger partial charge in [-0.2, -0.15) is 0 Å².